The quantitative estimate of drug-likeness (QED) is 0.474. The first-order valence-electron chi connectivity index (χ1n) is 4.53. The number of carbonyl (C=O) groups excluding carboxylic acids is 1. The summed E-state index contributed by atoms with van der Waals surface area (Å²) in [6, 6.07) is 4.55. The summed E-state index contributed by atoms with van der Waals surface area (Å²) < 4.78 is 4.88. The average Bonchev–Trinajstić information content (AvgIpc) is 2.19. The Morgan fingerprint density at radius 1 is 1.50 bits per heavy atom. The second kappa shape index (κ2) is 4.99. The van der Waals surface area contributed by atoms with Crippen molar-refractivity contribution >= 4 is 11.9 Å². The van der Waals surface area contributed by atoms with Crippen molar-refractivity contribution in [1.82, 2.24) is 0 Å². The molecule has 0 aliphatic heterocycles. The van der Waals surface area contributed by atoms with Crippen molar-refractivity contribution in [3.8, 4) is 18.1 Å². The van der Waals surface area contributed by atoms with Gasteiger partial charge < -0.3 is 9.84 Å². The number of benzene rings is 1. The molecule has 0 aliphatic rings. The molecule has 0 heterocycles. The van der Waals surface area contributed by atoms with E-state index in [0.717, 1.165) is 0 Å². The summed E-state index contributed by atoms with van der Waals surface area (Å²) in [6.07, 6.45) is 5.36. The Hall–Kier alpha value is -2.28. The Morgan fingerprint density at radius 3 is 2.69 bits per heavy atom. The summed E-state index contributed by atoms with van der Waals surface area (Å²) in [6.45, 7) is 1.21. The molecule has 1 rings (SSSR count). The standard InChI is InChI=1S/C12H10O4/c1-3-5-9-6-4-7-10(12(14)15)11(9)16-8(2)13/h1,4,6-7H,5H2,2H3,(H,14,15). The number of aromatic carboxylic acids is 1. The molecule has 0 spiro atoms. The third kappa shape index (κ3) is 2.61. The fraction of sp³-hybridized carbons (Fsp3) is 0.167. The van der Waals surface area contributed by atoms with Crippen LogP contribution in [0.2, 0.25) is 0 Å². The molecule has 0 aliphatic carbocycles. The minimum atomic E-state index is -1.16. The first-order valence-corrected chi connectivity index (χ1v) is 4.53. The highest BCUT2D eigenvalue weighted by molar-refractivity contribution is 5.92. The number of para-hydroxylation sites is 1. The third-order valence-corrected chi connectivity index (χ3v) is 1.87. The van der Waals surface area contributed by atoms with Crippen LogP contribution in [0, 0.1) is 12.3 Å². The predicted molar refractivity (Wildman–Crippen MR) is 57.2 cm³/mol. The molecule has 0 atom stereocenters. The van der Waals surface area contributed by atoms with E-state index in [1.54, 1.807) is 12.1 Å². The Labute approximate surface area is 92.9 Å². The van der Waals surface area contributed by atoms with Crippen LogP contribution < -0.4 is 4.74 Å². The van der Waals surface area contributed by atoms with Gasteiger partial charge in [0.2, 0.25) is 0 Å². The van der Waals surface area contributed by atoms with Crippen LogP contribution in [0.15, 0.2) is 18.2 Å². The fourth-order valence-electron chi connectivity index (χ4n) is 1.27. The van der Waals surface area contributed by atoms with Crippen LogP contribution in [0.4, 0.5) is 0 Å². The molecule has 0 fully saturated rings. The second-order valence-electron chi connectivity index (χ2n) is 3.07. The zero-order chi connectivity index (χ0) is 12.1. The van der Waals surface area contributed by atoms with Crippen LogP contribution in [0.1, 0.15) is 22.8 Å². The van der Waals surface area contributed by atoms with Crippen molar-refractivity contribution in [1.29, 1.82) is 0 Å². The molecule has 16 heavy (non-hydrogen) atoms. The maximum absolute atomic E-state index is 10.9. The minimum Gasteiger partial charge on any atom is -0.478 e. The first-order chi connectivity index (χ1) is 7.56. The lowest BCUT2D eigenvalue weighted by atomic mass is 10.1. The number of carboxylic acid groups (broad SMARTS) is 1. The molecule has 82 valence electrons. The van der Waals surface area contributed by atoms with E-state index in [0.29, 0.717) is 5.56 Å². The van der Waals surface area contributed by atoms with Gasteiger partial charge in [0.25, 0.3) is 0 Å². The van der Waals surface area contributed by atoms with Gasteiger partial charge in [0.05, 0.1) is 0 Å². The number of carboxylic acids is 1. The second-order valence-corrected chi connectivity index (χ2v) is 3.07. The summed E-state index contributed by atoms with van der Waals surface area (Å²) in [5, 5.41) is 8.93. The molecule has 1 N–H and O–H groups in total. The number of hydrogen-bond acceptors (Lipinski definition) is 3. The highest BCUT2D eigenvalue weighted by Gasteiger charge is 2.16. The van der Waals surface area contributed by atoms with E-state index < -0.39 is 11.9 Å². The fourth-order valence-corrected chi connectivity index (χ4v) is 1.27. The Morgan fingerprint density at radius 2 is 2.19 bits per heavy atom. The highest BCUT2D eigenvalue weighted by atomic mass is 16.5. The van der Waals surface area contributed by atoms with Crippen molar-refractivity contribution in [3.05, 3.63) is 29.3 Å². The average molecular weight is 218 g/mol. The van der Waals surface area contributed by atoms with E-state index in [4.69, 9.17) is 16.3 Å². The van der Waals surface area contributed by atoms with Gasteiger partial charge in [-0.05, 0) is 6.07 Å². The molecule has 0 bridgehead atoms. The molecule has 0 radical (unpaired) electrons. The normalized spacial score (nSPS) is 9.25. The number of terminal acetylenes is 1. The van der Waals surface area contributed by atoms with Crippen molar-refractivity contribution in [2.75, 3.05) is 0 Å². The van der Waals surface area contributed by atoms with Gasteiger partial charge in [-0.2, -0.15) is 0 Å². The Bertz CT molecular complexity index is 468. The van der Waals surface area contributed by atoms with E-state index in [2.05, 4.69) is 5.92 Å². The number of carbonyl (C=O) groups is 2. The summed E-state index contributed by atoms with van der Waals surface area (Å²) >= 11 is 0. The molecule has 0 aromatic heterocycles. The molecule has 0 amide bonds. The minimum absolute atomic E-state index is 0.0282. The zero-order valence-corrected chi connectivity index (χ0v) is 8.69. The van der Waals surface area contributed by atoms with E-state index >= 15 is 0 Å². The van der Waals surface area contributed by atoms with Crippen LogP contribution in [0.25, 0.3) is 0 Å². The third-order valence-electron chi connectivity index (χ3n) is 1.87. The largest absolute Gasteiger partial charge is 0.478 e. The molecular formula is C12H10O4. The lowest BCUT2D eigenvalue weighted by molar-refractivity contribution is -0.131. The lowest BCUT2D eigenvalue weighted by Gasteiger charge is -2.09. The van der Waals surface area contributed by atoms with E-state index in [1.807, 2.05) is 0 Å². The van der Waals surface area contributed by atoms with E-state index in [-0.39, 0.29) is 17.7 Å². The summed E-state index contributed by atoms with van der Waals surface area (Å²) in [5.74, 6) is 0.674. The summed E-state index contributed by atoms with van der Waals surface area (Å²) in [5.41, 5.74) is 0.445. The zero-order valence-electron chi connectivity index (χ0n) is 8.69. The van der Waals surface area contributed by atoms with Gasteiger partial charge >= 0.3 is 11.9 Å². The molecule has 1 aromatic rings. The molecule has 4 heteroatoms. The molecule has 0 saturated carbocycles. The number of ether oxygens (including phenoxy) is 1. The van der Waals surface area contributed by atoms with Crippen molar-refractivity contribution in [3.63, 3.8) is 0 Å². The van der Waals surface area contributed by atoms with Crippen LogP contribution in [-0.4, -0.2) is 17.0 Å². The van der Waals surface area contributed by atoms with Gasteiger partial charge in [-0.25, -0.2) is 4.79 Å². The van der Waals surface area contributed by atoms with Gasteiger partial charge in [0.15, 0.2) is 0 Å². The van der Waals surface area contributed by atoms with E-state index in [1.165, 1.54) is 13.0 Å². The molecule has 0 saturated heterocycles. The van der Waals surface area contributed by atoms with Gasteiger partial charge in [-0.15, -0.1) is 12.3 Å². The molecular weight excluding hydrogens is 208 g/mol. The SMILES string of the molecule is C#CCc1cccc(C(=O)O)c1OC(C)=O. The Kier molecular flexibility index (Phi) is 3.67. The van der Waals surface area contributed by atoms with Gasteiger partial charge in [-0.1, -0.05) is 12.1 Å². The smallest absolute Gasteiger partial charge is 0.339 e. The van der Waals surface area contributed by atoms with Crippen LogP contribution in [0.5, 0.6) is 5.75 Å². The number of esters is 1. The number of rotatable bonds is 3. The van der Waals surface area contributed by atoms with E-state index in [9.17, 15) is 9.59 Å². The lowest BCUT2D eigenvalue weighted by Crippen LogP contribution is -2.09. The number of hydrogen-bond donors (Lipinski definition) is 1. The molecule has 1 aromatic carbocycles. The summed E-state index contributed by atoms with van der Waals surface area (Å²) in [7, 11) is 0. The van der Waals surface area contributed by atoms with Crippen LogP contribution in [-0.2, 0) is 11.2 Å². The maximum Gasteiger partial charge on any atom is 0.339 e. The molecule has 0 unspecified atom stereocenters. The van der Waals surface area contributed by atoms with Gasteiger partial charge in [0.1, 0.15) is 11.3 Å². The predicted octanol–water partition coefficient (Wildman–Crippen LogP) is 1.49. The highest BCUT2D eigenvalue weighted by Crippen LogP contribution is 2.24. The van der Waals surface area contributed by atoms with Crippen LogP contribution >= 0.6 is 0 Å². The van der Waals surface area contributed by atoms with Gasteiger partial charge in [-0.3, -0.25) is 4.79 Å². The molecule has 4 nitrogen and oxygen atoms in total. The first kappa shape index (κ1) is 11.8. The maximum atomic E-state index is 10.9. The van der Waals surface area contributed by atoms with Crippen molar-refractivity contribution in [2.24, 2.45) is 0 Å². The van der Waals surface area contributed by atoms with Crippen LogP contribution in [0.3, 0.4) is 0 Å². The Balaban J connectivity index is 3.29. The monoisotopic (exact) mass is 218 g/mol. The summed E-state index contributed by atoms with van der Waals surface area (Å²) in [4.78, 5) is 21.8. The topological polar surface area (TPSA) is 63.6 Å². The van der Waals surface area contributed by atoms with Crippen molar-refractivity contribution < 1.29 is 19.4 Å². The van der Waals surface area contributed by atoms with Gasteiger partial charge in [0, 0.05) is 18.9 Å². The van der Waals surface area contributed by atoms with Crippen molar-refractivity contribution in [2.45, 2.75) is 13.3 Å².